The van der Waals surface area contributed by atoms with Crippen molar-refractivity contribution in [1.29, 1.82) is 0 Å². The lowest BCUT2D eigenvalue weighted by Gasteiger charge is -2.07. The summed E-state index contributed by atoms with van der Waals surface area (Å²) in [5.41, 5.74) is 1.04. The third-order valence-corrected chi connectivity index (χ3v) is 3.24. The zero-order valence-corrected chi connectivity index (χ0v) is 9.68. The summed E-state index contributed by atoms with van der Waals surface area (Å²) >= 11 is 1.84. The maximum absolute atomic E-state index is 9.11. The van der Waals surface area contributed by atoms with Crippen LogP contribution in [0.5, 0.6) is 0 Å². The van der Waals surface area contributed by atoms with Crippen molar-refractivity contribution in [1.82, 2.24) is 0 Å². The van der Waals surface area contributed by atoms with Crippen LogP contribution in [0.3, 0.4) is 0 Å². The van der Waals surface area contributed by atoms with Crippen molar-refractivity contribution in [3.05, 3.63) is 29.8 Å². The van der Waals surface area contributed by atoms with Crippen LogP contribution in [0.4, 0.5) is 0 Å². The molecule has 1 N–H and O–H groups in total. The quantitative estimate of drug-likeness (QED) is 0.752. The summed E-state index contributed by atoms with van der Waals surface area (Å²) in [6, 6.07) is 8.06. The first-order valence-electron chi connectivity index (χ1n) is 5.05. The van der Waals surface area contributed by atoms with Gasteiger partial charge in [-0.05, 0) is 29.7 Å². The van der Waals surface area contributed by atoms with Crippen LogP contribution >= 0.6 is 11.8 Å². The van der Waals surface area contributed by atoms with Gasteiger partial charge in [-0.3, -0.25) is 0 Å². The van der Waals surface area contributed by atoms with E-state index in [0.717, 1.165) is 17.2 Å². The van der Waals surface area contributed by atoms with Crippen LogP contribution in [0, 0.1) is 5.92 Å². The summed E-state index contributed by atoms with van der Waals surface area (Å²) in [6.45, 7) is 4.61. The van der Waals surface area contributed by atoms with Crippen LogP contribution in [0.1, 0.15) is 25.8 Å². The molecule has 14 heavy (non-hydrogen) atoms. The molecule has 0 spiro atoms. The van der Waals surface area contributed by atoms with Crippen LogP contribution in [-0.2, 0) is 6.61 Å². The van der Waals surface area contributed by atoms with Crippen LogP contribution in [0.2, 0.25) is 0 Å². The summed E-state index contributed by atoms with van der Waals surface area (Å²) in [6.07, 6.45) is 1.23. The molecule has 0 saturated heterocycles. The Morgan fingerprint density at radius 1 is 1.29 bits per heavy atom. The first-order chi connectivity index (χ1) is 6.74. The van der Waals surface area contributed by atoms with Gasteiger partial charge < -0.3 is 5.11 Å². The molecule has 1 aromatic carbocycles. The Bertz CT molecular complexity index is 271. The molecule has 0 fully saturated rings. The smallest absolute Gasteiger partial charge is 0.0692 e. The number of aliphatic hydroxyl groups is 1. The molecule has 2 heteroatoms. The topological polar surface area (TPSA) is 20.2 Å². The van der Waals surface area contributed by atoms with E-state index in [0.29, 0.717) is 0 Å². The van der Waals surface area contributed by atoms with Gasteiger partial charge in [0.1, 0.15) is 0 Å². The molecule has 0 aliphatic carbocycles. The van der Waals surface area contributed by atoms with Gasteiger partial charge in [-0.1, -0.05) is 32.0 Å². The molecule has 0 aromatic heterocycles. The van der Waals surface area contributed by atoms with Crippen molar-refractivity contribution in [3.63, 3.8) is 0 Å². The van der Waals surface area contributed by atoms with Crippen LogP contribution in [0.25, 0.3) is 0 Å². The van der Waals surface area contributed by atoms with Crippen LogP contribution < -0.4 is 0 Å². The van der Waals surface area contributed by atoms with E-state index >= 15 is 0 Å². The second kappa shape index (κ2) is 6.10. The summed E-state index contributed by atoms with van der Waals surface area (Å²) in [4.78, 5) is 1.22. The van der Waals surface area contributed by atoms with Gasteiger partial charge in [0.15, 0.2) is 0 Å². The van der Waals surface area contributed by atoms with E-state index in [9.17, 15) is 0 Å². The zero-order valence-electron chi connectivity index (χ0n) is 8.86. The number of thioether (sulfide) groups is 1. The lowest BCUT2D eigenvalue weighted by Crippen LogP contribution is -1.91. The molecule has 1 aromatic rings. The normalized spacial score (nSPS) is 10.9. The summed E-state index contributed by atoms with van der Waals surface area (Å²) < 4.78 is 0. The molecule has 0 bridgehead atoms. The standard InChI is InChI=1S/C12H18OS/c1-10(2)7-8-14-12-6-4-3-5-11(12)9-13/h3-6,10,13H,7-9H2,1-2H3. The fraction of sp³-hybridized carbons (Fsp3) is 0.500. The largest absolute Gasteiger partial charge is 0.392 e. The molecule has 1 nitrogen and oxygen atoms in total. The van der Waals surface area contributed by atoms with E-state index in [1.807, 2.05) is 30.0 Å². The molecule has 1 rings (SSSR count). The van der Waals surface area contributed by atoms with Crippen molar-refractivity contribution >= 4 is 11.8 Å². The fourth-order valence-corrected chi connectivity index (χ4v) is 2.48. The highest BCUT2D eigenvalue weighted by Gasteiger charge is 2.01. The lowest BCUT2D eigenvalue weighted by atomic mass is 10.2. The van der Waals surface area contributed by atoms with Gasteiger partial charge in [-0.25, -0.2) is 0 Å². The van der Waals surface area contributed by atoms with Crippen molar-refractivity contribution < 1.29 is 5.11 Å². The number of aliphatic hydroxyl groups excluding tert-OH is 1. The highest BCUT2D eigenvalue weighted by atomic mass is 32.2. The number of hydrogen-bond acceptors (Lipinski definition) is 2. The maximum atomic E-state index is 9.11. The Hall–Kier alpha value is -0.470. The van der Waals surface area contributed by atoms with Gasteiger partial charge in [0.2, 0.25) is 0 Å². The van der Waals surface area contributed by atoms with E-state index in [-0.39, 0.29) is 6.61 Å². The maximum Gasteiger partial charge on any atom is 0.0692 e. The van der Waals surface area contributed by atoms with Crippen LogP contribution in [0.15, 0.2) is 29.2 Å². The van der Waals surface area contributed by atoms with Gasteiger partial charge in [-0.2, -0.15) is 0 Å². The SMILES string of the molecule is CC(C)CCSc1ccccc1CO. The van der Waals surface area contributed by atoms with E-state index in [4.69, 9.17) is 5.11 Å². The highest BCUT2D eigenvalue weighted by Crippen LogP contribution is 2.24. The highest BCUT2D eigenvalue weighted by molar-refractivity contribution is 7.99. The predicted octanol–water partition coefficient (Wildman–Crippen LogP) is 3.32. The third kappa shape index (κ3) is 3.72. The van der Waals surface area contributed by atoms with Gasteiger partial charge in [0.05, 0.1) is 6.61 Å². The lowest BCUT2D eigenvalue weighted by molar-refractivity contribution is 0.279. The van der Waals surface area contributed by atoms with Crippen molar-refractivity contribution in [2.24, 2.45) is 5.92 Å². The molecule has 0 saturated carbocycles. The third-order valence-electron chi connectivity index (χ3n) is 2.10. The first-order valence-corrected chi connectivity index (χ1v) is 6.04. The Morgan fingerprint density at radius 3 is 2.64 bits per heavy atom. The molecule has 0 radical (unpaired) electrons. The van der Waals surface area contributed by atoms with Gasteiger partial charge >= 0.3 is 0 Å². The van der Waals surface area contributed by atoms with Gasteiger partial charge in [0.25, 0.3) is 0 Å². The van der Waals surface area contributed by atoms with Crippen molar-refractivity contribution in [2.45, 2.75) is 31.8 Å². The van der Waals surface area contributed by atoms with Gasteiger partial charge in [0, 0.05) is 4.90 Å². The van der Waals surface area contributed by atoms with E-state index in [1.165, 1.54) is 11.3 Å². The average molecular weight is 210 g/mol. The van der Waals surface area contributed by atoms with E-state index < -0.39 is 0 Å². The van der Waals surface area contributed by atoms with E-state index in [1.54, 1.807) is 0 Å². The molecule has 0 aliphatic heterocycles. The summed E-state index contributed by atoms with van der Waals surface area (Å²) in [5, 5.41) is 9.11. The minimum Gasteiger partial charge on any atom is -0.392 e. The molecular formula is C12H18OS. The molecule has 0 unspecified atom stereocenters. The molecule has 0 amide bonds. The molecule has 0 atom stereocenters. The number of benzene rings is 1. The van der Waals surface area contributed by atoms with Crippen molar-refractivity contribution in [2.75, 3.05) is 5.75 Å². The predicted molar refractivity (Wildman–Crippen MR) is 62.5 cm³/mol. The Labute approximate surface area is 90.5 Å². The average Bonchev–Trinajstić information content (AvgIpc) is 2.18. The Kier molecular flexibility index (Phi) is 5.05. The Morgan fingerprint density at radius 2 is 2.00 bits per heavy atom. The summed E-state index contributed by atoms with van der Waals surface area (Å²) in [5.74, 6) is 1.89. The molecule has 0 aliphatic rings. The molecule has 0 heterocycles. The first kappa shape index (κ1) is 11.6. The van der Waals surface area contributed by atoms with Crippen molar-refractivity contribution in [3.8, 4) is 0 Å². The minimum atomic E-state index is 0.144. The van der Waals surface area contributed by atoms with Crippen LogP contribution in [-0.4, -0.2) is 10.9 Å². The second-order valence-electron chi connectivity index (χ2n) is 3.80. The molecule has 78 valence electrons. The number of rotatable bonds is 5. The zero-order chi connectivity index (χ0) is 10.4. The Balaban J connectivity index is 2.49. The number of hydrogen-bond donors (Lipinski definition) is 1. The monoisotopic (exact) mass is 210 g/mol. The second-order valence-corrected chi connectivity index (χ2v) is 4.93. The van der Waals surface area contributed by atoms with Gasteiger partial charge in [-0.15, -0.1) is 11.8 Å². The van der Waals surface area contributed by atoms with E-state index in [2.05, 4.69) is 19.9 Å². The fourth-order valence-electron chi connectivity index (χ4n) is 1.18. The molecular weight excluding hydrogens is 192 g/mol. The minimum absolute atomic E-state index is 0.144. The summed E-state index contributed by atoms with van der Waals surface area (Å²) in [7, 11) is 0.